The molecular weight excluding hydrogens is 278 g/mol. The summed E-state index contributed by atoms with van der Waals surface area (Å²) in [6, 6.07) is 2.09. The van der Waals surface area contributed by atoms with Crippen molar-refractivity contribution in [2.45, 2.75) is 26.8 Å². The van der Waals surface area contributed by atoms with Crippen LogP contribution in [0.25, 0.3) is 0 Å². The molecule has 0 unspecified atom stereocenters. The highest BCUT2D eigenvalue weighted by molar-refractivity contribution is 5.35. The van der Waals surface area contributed by atoms with Crippen molar-refractivity contribution in [3.05, 3.63) is 36.1 Å². The van der Waals surface area contributed by atoms with Crippen molar-refractivity contribution < 1.29 is 4.52 Å². The predicted molar refractivity (Wildman–Crippen MR) is 84.6 cm³/mol. The first-order chi connectivity index (χ1) is 10.7. The fraction of sp³-hybridized carbons (Fsp3) is 0.562. The quantitative estimate of drug-likeness (QED) is 0.842. The standard InChI is InChI=1S/C16H23N5O/c1-13(2)9-14-10-15(22-19-14)12-20-5-7-21(8-6-20)16-11-17-3-4-18-16/h3-4,10-11,13H,5-9,12H2,1-2H3. The third kappa shape index (κ3) is 3.82. The summed E-state index contributed by atoms with van der Waals surface area (Å²) in [5.74, 6) is 2.53. The minimum absolute atomic E-state index is 0.605. The minimum Gasteiger partial charge on any atom is -0.360 e. The van der Waals surface area contributed by atoms with Gasteiger partial charge in [0, 0.05) is 44.6 Å². The molecule has 0 atom stereocenters. The number of rotatable bonds is 5. The van der Waals surface area contributed by atoms with Crippen molar-refractivity contribution in [2.75, 3.05) is 31.1 Å². The Bertz CT molecular complexity index is 575. The Morgan fingerprint density at radius 2 is 2.00 bits per heavy atom. The number of hydrogen-bond acceptors (Lipinski definition) is 6. The Labute approximate surface area is 131 Å². The molecule has 2 aromatic rings. The number of nitrogens with zero attached hydrogens (tertiary/aromatic N) is 5. The Kier molecular flexibility index (Phi) is 4.68. The van der Waals surface area contributed by atoms with E-state index in [-0.39, 0.29) is 0 Å². The van der Waals surface area contributed by atoms with Gasteiger partial charge in [-0.2, -0.15) is 0 Å². The molecular formula is C16H23N5O. The van der Waals surface area contributed by atoms with Crippen LogP contribution in [-0.4, -0.2) is 46.2 Å². The normalized spacial score (nSPS) is 16.4. The van der Waals surface area contributed by atoms with Gasteiger partial charge in [0.25, 0.3) is 0 Å². The van der Waals surface area contributed by atoms with Crippen LogP contribution in [0.2, 0.25) is 0 Å². The topological polar surface area (TPSA) is 58.3 Å². The zero-order valence-corrected chi connectivity index (χ0v) is 13.3. The van der Waals surface area contributed by atoms with E-state index in [1.54, 1.807) is 12.4 Å². The molecule has 0 amide bonds. The second-order valence-electron chi connectivity index (χ2n) is 6.21. The lowest BCUT2D eigenvalue weighted by atomic mass is 10.1. The number of anilines is 1. The van der Waals surface area contributed by atoms with Crippen LogP contribution in [0.15, 0.2) is 29.2 Å². The molecule has 0 bridgehead atoms. The van der Waals surface area contributed by atoms with E-state index in [2.05, 4.69) is 44.8 Å². The second kappa shape index (κ2) is 6.87. The van der Waals surface area contributed by atoms with Crippen LogP contribution in [0.5, 0.6) is 0 Å². The summed E-state index contributed by atoms with van der Waals surface area (Å²) >= 11 is 0. The van der Waals surface area contributed by atoms with Crippen molar-refractivity contribution >= 4 is 5.82 Å². The highest BCUT2D eigenvalue weighted by Gasteiger charge is 2.19. The first-order valence-electron chi connectivity index (χ1n) is 7.88. The van der Waals surface area contributed by atoms with Gasteiger partial charge < -0.3 is 9.42 Å². The van der Waals surface area contributed by atoms with Crippen LogP contribution in [0.1, 0.15) is 25.3 Å². The van der Waals surface area contributed by atoms with Crippen LogP contribution in [0.3, 0.4) is 0 Å². The number of aromatic nitrogens is 3. The van der Waals surface area contributed by atoms with Gasteiger partial charge in [0.1, 0.15) is 5.82 Å². The Morgan fingerprint density at radius 3 is 2.68 bits per heavy atom. The number of piperazine rings is 1. The van der Waals surface area contributed by atoms with E-state index in [0.717, 1.165) is 56.4 Å². The molecule has 0 N–H and O–H groups in total. The van der Waals surface area contributed by atoms with Crippen LogP contribution in [0, 0.1) is 5.92 Å². The highest BCUT2D eigenvalue weighted by atomic mass is 16.5. The molecule has 3 rings (SSSR count). The molecule has 0 spiro atoms. The van der Waals surface area contributed by atoms with Gasteiger partial charge in [0.2, 0.25) is 0 Å². The van der Waals surface area contributed by atoms with E-state index in [1.165, 1.54) is 0 Å². The highest BCUT2D eigenvalue weighted by Crippen LogP contribution is 2.15. The fourth-order valence-electron chi connectivity index (χ4n) is 2.75. The van der Waals surface area contributed by atoms with E-state index < -0.39 is 0 Å². The zero-order chi connectivity index (χ0) is 15.4. The van der Waals surface area contributed by atoms with Crippen LogP contribution >= 0.6 is 0 Å². The maximum atomic E-state index is 5.45. The lowest BCUT2D eigenvalue weighted by Gasteiger charge is -2.34. The largest absolute Gasteiger partial charge is 0.360 e. The molecule has 22 heavy (non-hydrogen) atoms. The van der Waals surface area contributed by atoms with E-state index in [9.17, 15) is 0 Å². The van der Waals surface area contributed by atoms with Crippen molar-refractivity contribution in [1.29, 1.82) is 0 Å². The molecule has 2 aromatic heterocycles. The molecule has 0 aromatic carbocycles. The fourth-order valence-corrected chi connectivity index (χ4v) is 2.75. The lowest BCUT2D eigenvalue weighted by molar-refractivity contribution is 0.219. The van der Waals surface area contributed by atoms with Gasteiger partial charge in [0.05, 0.1) is 18.4 Å². The monoisotopic (exact) mass is 301 g/mol. The predicted octanol–water partition coefficient (Wildman–Crippen LogP) is 1.99. The molecule has 6 nitrogen and oxygen atoms in total. The van der Waals surface area contributed by atoms with Gasteiger partial charge in [-0.25, -0.2) is 4.98 Å². The van der Waals surface area contributed by atoms with Gasteiger partial charge in [-0.3, -0.25) is 9.88 Å². The van der Waals surface area contributed by atoms with Crippen molar-refractivity contribution in [1.82, 2.24) is 20.0 Å². The molecule has 3 heterocycles. The van der Waals surface area contributed by atoms with Gasteiger partial charge in [-0.15, -0.1) is 0 Å². The Hall–Kier alpha value is -1.95. The maximum absolute atomic E-state index is 5.45. The maximum Gasteiger partial charge on any atom is 0.150 e. The summed E-state index contributed by atoms with van der Waals surface area (Å²) in [4.78, 5) is 13.2. The smallest absolute Gasteiger partial charge is 0.150 e. The van der Waals surface area contributed by atoms with Gasteiger partial charge in [0.15, 0.2) is 5.76 Å². The first-order valence-corrected chi connectivity index (χ1v) is 7.88. The lowest BCUT2D eigenvalue weighted by Crippen LogP contribution is -2.46. The minimum atomic E-state index is 0.605. The molecule has 6 heteroatoms. The summed E-state index contributed by atoms with van der Waals surface area (Å²) < 4.78 is 5.45. The number of hydrogen-bond donors (Lipinski definition) is 0. The average Bonchev–Trinajstić information content (AvgIpc) is 2.95. The van der Waals surface area contributed by atoms with Crippen molar-refractivity contribution in [3.8, 4) is 0 Å². The molecule has 1 aliphatic heterocycles. The third-order valence-corrected chi connectivity index (χ3v) is 3.85. The SMILES string of the molecule is CC(C)Cc1cc(CN2CCN(c3cnccn3)CC2)on1. The van der Waals surface area contributed by atoms with Crippen LogP contribution in [0.4, 0.5) is 5.82 Å². The van der Waals surface area contributed by atoms with E-state index in [4.69, 9.17) is 4.52 Å². The Morgan fingerprint density at radius 1 is 1.18 bits per heavy atom. The van der Waals surface area contributed by atoms with Crippen molar-refractivity contribution in [2.24, 2.45) is 5.92 Å². The summed E-state index contributed by atoms with van der Waals surface area (Å²) in [5.41, 5.74) is 1.06. The first kappa shape index (κ1) is 15.0. The summed E-state index contributed by atoms with van der Waals surface area (Å²) in [7, 11) is 0. The van der Waals surface area contributed by atoms with Gasteiger partial charge in [-0.05, 0) is 12.3 Å². The van der Waals surface area contributed by atoms with Gasteiger partial charge >= 0.3 is 0 Å². The molecule has 118 valence electrons. The van der Waals surface area contributed by atoms with E-state index >= 15 is 0 Å². The summed E-state index contributed by atoms with van der Waals surface area (Å²) in [5, 5.41) is 4.15. The molecule has 1 saturated heterocycles. The molecule has 0 radical (unpaired) electrons. The summed E-state index contributed by atoms with van der Waals surface area (Å²) in [6.45, 7) is 9.14. The summed E-state index contributed by atoms with van der Waals surface area (Å²) in [6.07, 6.45) is 6.25. The molecule has 0 aliphatic carbocycles. The van der Waals surface area contributed by atoms with E-state index in [1.807, 2.05) is 6.20 Å². The third-order valence-electron chi connectivity index (χ3n) is 3.85. The van der Waals surface area contributed by atoms with Crippen molar-refractivity contribution in [3.63, 3.8) is 0 Å². The second-order valence-corrected chi connectivity index (χ2v) is 6.21. The van der Waals surface area contributed by atoms with Crippen LogP contribution in [-0.2, 0) is 13.0 Å². The van der Waals surface area contributed by atoms with Gasteiger partial charge in [-0.1, -0.05) is 19.0 Å². The average molecular weight is 301 g/mol. The Balaban J connectivity index is 1.50. The van der Waals surface area contributed by atoms with Crippen LogP contribution < -0.4 is 4.90 Å². The molecule has 0 saturated carbocycles. The molecule has 1 aliphatic rings. The zero-order valence-electron chi connectivity index (χ0n) is 13.3. The van der Waals surface area contributed by atoms with E-state index in [0.29, 0.717) is 5.92 Å². The molecule has 1 fully saturated rings.